The number of aliphatic hydroxyl groups excluding tert-OH is 1. The van der Waals surface area contributed by atoms with Gasteiger partial charge in [0, 0.05) is 43.4 Å². The monoisotopic (exact) mass is 376 g/mol. The molecule has 0 amide bonds. The number of nitrogens with one attached hydrogen (secondary N) is 3. The molecule has 2 atom stereocenters. The van der Waals surface area contributed by atoms with E-state index in [1.54, 1.807) is 0 Å². The molecule has 2 rings (SSSR count). The standard InChI is InChI=1S/C21H36N4O2/c1-4-22-20(24-15-21(10-12-26)11-13-27-16-21)23-14-19(17(2)3)25-18-8-6-5-7-9-18/h5-9,17,19,25-26H,4,10-16H2,1-3H3,(H2,22,23,24). The van der Waals surface area contributed by atoms with Crippen molar-refractivity contribution in [3.05, 3.63) is 30.3 Å². The molecule has 0 spiro atoms. The molecular formula is C21H36N4O2. The molecule has 0 bridgehead atoms. The van der Waals surface area contributed by atoms with Gasteiger partial charge in [-0.3, -0.25) is 4.99 Å². The lowest BCUT2D eigenvalue weighted by Gasteiger charge is -2.27. The normalized spacial score (nSPS) is 21.3. The van der Waals surface area contributed by atoms with Gasteiger partial charge in [-0.2, -0.15) is 0 Å². The molecular weight excluding hydrogens is 340 g/mol. The van der Waals surface area contributed by atoms with Gasteiger partial charge in [-0.05, 0) is 37.8 Å². The summed E-state index contributed by atoms with van der Waals surface area (Å²) in [5.74, 6) is 1.30. The summed E-state index contributed by atoms with van der Waals surface area (Å²) < 4.78 is 5.57. The molecule has 1 fully saturated rings. The van der Waals surface area contributed by atoms with E-state index in [1.807, 2.05) is 18.2 Å². The van der Waals surface area contributed by atoms with Gasteiger partial charge in [0.2, 0.25) is 0 Å². The highest BCUT2D eigenvalue weighted by Crippen LogP contribution is 2.32. The molecule has 0 saturated carbocycles. The minimum absolute atomic E-state index is 0.0309. The van der Waals surface area contributed by atoms with E-state index >= 15 is 0 Å². The summed E-state index contributed by atoms with van der Waals surface area (Å²) in [6.07, 6.45) is 1.70. The van der Waals surface area contributed by atoms with Crippen molar-refractivity contribution in [2.75, 3.05) is 44.8 Å². The van der Waals surface area contributed by atoms with E-state index in [0.717, 1.165) is 44.2 Å². The summed E-state index contributed by atoms with van der Waals surface area (Å²) in [6, 6.07) is 10.6. The number of benzene rings is 1. The first kappa shape index (κ1) is 21.5. The molecule has 0 aromatic heterocycles. The molecule has 1 saturated heterocycles. The summed E-state index contributed by atoms with van der Waals surface area (Å²) >= 11 is 0. The number of hydrogen-bond donors (Lipinski definition) is 4. The third-order valence-corrected chi connectivity index (χ3v) is 5.16. The number of rotatable bonds is 10. The lowest BCUT2D eigenvalue weighted by atomic mass is 9.84. The molecule has 1 aromatic rings. The summed E-state index contributed by atoms with van der Waals surface area (Å²) in [6.45, 7) is 10.4. The van der Waals surface area contributed by atoms with Crippen molar-refractivity contribution in [3.63, 3.8) is 0 Å². The second-order valence-corrected chi connectivity index (χ2v) is 7.71. The molecule has 1 aliphatic heterocycles. The number of aliphatic hydroxyl groups is 1. The number of nitrogens with zero attached hydrogens (tertiary/aromatic N) is 1. The van der Waals surface area contributed by atoms with Gasteiger partial charge < -0.3 is 25.8 Å². The Morgan fingerprint density at radius 3 is 2.63 bits per heavy atom. The number of anilines is 1. The van der Waals surface area contributed by atoms with Crippen molar-refractivity contribution in [2.24, 2.45) is 16.3 Å². The van der Waals surface area contributed by atoms with Gasteiger partial charge in [-0.15, -0.1) is 0 Å². The van der Waals surface area contributed by atoms with Crippen molar-refractivity contribution < 1.29 is 9.84 Å². The van der Waals surface area contributed by atoms with Crippen LogP contribution in [0.5, 0.6) is 0 Å². The number of para-hydroxylation sites is 1. The highest BCUT2D eigenvalue weighted by molar-refractivity contribution is 5.79. The van der Waals surface area contributed by atoms with Crippen LogP contribution in [0, 0.1) is 11.3 Å². The molecule has 0 aliphatic carbocycles. The van der Waals surface area contributed by atoms with E-state index in [-0.39, 0.29) is 18.1 Å². The second-order valence-electron chi connectivity index (χ2n) is 7.71. The van der Waals surface area contributed by atoms with Gasteiger partial charge in [0.05, 0.1) is 13.2 Å². The Morgan fingerprint density at radius 2 is 2.04 bits per heavy atom. The van der Waals surface area contributed by atoms with E-state index < -0.39 is 0 Å². The minimum atomic E-state index is -0.0309. The minimum Gasteiger partial charge on any atom is -0.396 e. The van der Waals surface area contributed by atoms with Crippen LogP contribution < -0.4 is 16.0 Å². The first-order chi connectivity index (χ1) is 13.1. The Labute approximate surface area is 163 Å². The third kappa shape index (κ3) is 7.03. The van der Waals surface area contributed by atoms with E-state index in [9.17, 15) is 5.11 Å². The maximum Gasteiger partial charge on any atom is 0.191 e. The summed E-state index contributed by atoms with van der Waals surface area (Å²) in [5, 5.41) is 19.8. The van der Waals surface area contributed by atoms with Crippen LogP contribution in [0.4, 0.5) is 5.69 Å². The fourth-order valence-corrected chi connectivity index (χ4v) is 3.28. The predicted octanol–water partition coefficient (Wildman–Crippen LogP) is 2.47. The molecule has 6 nitrogen and oxygen atoms in total. The topological polar surface area (TPSA) is 77.9 Å². The fraction of sp³-hybridized carbons (Fsp3) is 0.667. The Kier molecular flexibility index (Phi) is 8.88. The summed E-state index contributed by atoms with van der Waals surface area (Å²) in [7, 11) is 0. The highest BCUT2D eigenvalue weighted by Gasteiger charge is 2.34. The van der Waals surface area contributed by atoms with Crippen molar-refractivity contribution in [2.45, 2.75) is 39.7 Å². The van der Waals surface area contributed by atoms with Crippen LogP contribution >= 0.6 is 0 Å². The molecule has 0 radical (unpaired) electrons. The Balaban J connectivity index is 1.96. The van der Waals surface area contributed by atoms with Crippen molar-refractivity contribution in [3.8, 4) is 0 Å². The van der Waals surface area contributed by atoms with E-state index in [4.69, 9.17) is 9.73 Å². The Hall–Kier alpha value is -1.79. The van der Waals surface area contributed by atoms with Crippen LogP contribution in [-0.2, 0) is 4.74 Å². The molecule has 6 heteroatoms. The van der Waals surface area contributed by atoms with Crippen molar-refractivity contribution in [1.82, 2.24) is 10.6 Å². The molecule has 1 heterocycles. The summed E-state index contributed by atoms with van der Waals surface area (Å²) in [4.78, 5) is 4.80. The Bertz CT molecular complexity index is 557. The molecule has 2 unspecified atom stereocenters. The van der Waals surface area contributed by atoms with Crippen LogP contribution in [0.3, 0.4) is 0 Å². The Morgan fingerprint density at radius 1 is 1.26 bits per heavy atom. The highest BCUT2D eigenvalue weighted by atomic mass is 16.5. The lowest BCUT2D eigenvalue weighted by Crippen LogP contribution is -2.45. The average Bonchev–Trinajstić information content (AvgIpc) is 3.12. The molecule has 1 aromatic carbocycles. The van der Waals surface area contributed by atoms with Gasteiger partial charge in [0.25, 0.3) is 0 Å². The first-order valence-electron chi connectivity index (χ1n) is 10.1. The molecule has 27 heavy (non-hydrogen) atoms. The van der Waals surface area contributed by atoms with Crippen LogP contribution in [0.25, 0.3) is 0 Å². The maximum atomic E-state index is 9.39. The smallest absolute Gasteiger partial charge is 0.191 e. The molecule has 4 N–H and O–H groups in total. The van der Waals surface area contributed by atoms with E-state index in [1.165, 1.54) is 0 Å². The zero-order chi connectivity index (χ0) is 19.5. The SMILES string of the molecule is CCNC(=NCC1(CCO)CCOC1)NCC(Nc1ccccc1)C(C)C. The first-order valence-corrected chi connectivity index (χ1v) is 10.1. The lowest BCUT2D eigenvalue weighted by molar-refractivity contribution is 0.131. The second kappa shape index (κ2) is 11.1. The number of guanidine groups is 1. The van der Waals surface area contributed by atoms with Crippen molar-refractivity contribution in [1.29, 1.82) is 0 Å². The van der Waals surface area contributed by atoms with Crippen molar-refractivity contribution >= 4 is 11.6 Å². The van der Waals surface area contributed by atoms with E-state index in [0.29, 0.717) is 19.1 Å². The quantitative estimate of drug-likeness (QED) is 0.373. The number of aliphatic imine (C=N–C) groups is 1. The predicted molar refractivity (Wildman–Crippen MR) is 112 cm³/mol. The van der Waals surface area contributed by atoms with Gasteiger partial charge >= 0.3 is 0 Å². The van der Waals surface area contributed by atoms with Gasteiger partial charge in [0.15, 0.2) is 5.96 Å². The van der Waals surface area contributed by atoms with Gasteiger partial charge in [0.1, 0.15) is 0 Å². The van der Waals surface area contributed by atoms with E-state index in [2.05, 4.69) is 48.9 Å². The molecule has 152 valence electrons. The van der Waals surface area contributed by atoms with Crippen LogP contribution in [0.2, 0.25) is 0 Å². The summed E-state index contributed by atoms with van der Waals surface area (Å²) in [5.41, 5.74) is 1.10. The number of hydrogen-bond acceptors (Lipinski definition) is 4. The van der Waals surface area contributed by atoms with Crippen LogP contribution in [0.15, 0.2) is 35.3 Å². The zero-order valence-electron chi connectivity index (χ0n) is 17.0. The zero-order valence-corrected chi connectivity index (χ0v) is 17.0. The van der Waals surface area contributed by atoms with Gasteiger partial charge in [-0.1, -0.05) is 32.0 Å². The van der Waals surface area contributed by atoms with Crippen LogP contribution in [0.1, 0.15) is 33.6 Å². The van der Waals surface area contributed by atoms with Gasteiger partial charge in [-0.25, -0.2) is 0 Å². The molecule has 1 aliphatic rings. The van der Waals surface area contributed by atoms with Crippen LogP contribution in [-0.4, -0.2) is 56.6 Å². The maximum absolute atomic E-state index is 9.39. The average molecular weight is 377 g/mol. The third-order valence-electron chi connectivity index (χ3n) is 5.16. The number of ether oxygens (including phenoxy) is 1. The largest absolute Gasteiger partial charge is 0.396 e. The fourth-order valence-electron chi connectivity index (χ4n) is 3.28.